The first-order valence-corrected chi connectivity index (χ1v) is 6.23. The summed E-state index contributed by atoms with van der Waals surface area (Å²) in [4.78, 5) is 12.0. The molecule has 0 unspecified atom stereocenters. The van der Waals surface area contributed by atoms with Crippen LogP contribution in [-0.2, 0) is 14.2 Å². The maximum absolute atomic E-state index is 12.0. The van der Waals surface area contributed by atoms with Crippen LogP contribution in [0.3, 0.4) is 0 Å². The van der Waals surface area contributed by atoms with E-state index in [-0.39, 0.29) is 6.61 Å². The minimum Gasteiger partial charge on any atom is -0.452 e. The van der Waals surface area contributed by atoms with Gasteiger partial charge in [0.1, 0.15) is 18.3 Å². The molecule has 0 radical (unpaired) electrons. The Hall–Kier alpha value is -1.69. The molecule has 0 aromatic heterocycles. The molecule has 0 saturated heterocycles. The average molecular weight is 280 g/mol. The van der Waals surface area contributed by atoms with Crippen LogP contribution in [0.5, 0.6) is 0 Å². The van der Waals surface area contributed by atoms with E-state index in [1.807, 2.05) is 6.07 Å². The Bertz CT molecular complexity index is 414. The number of hydrogen-bond donors (Lipinski definition) is 1. The highest BCUT2D eigenvalue weighted by Crippen LogP contribution is 2.14. The first kappa shape index (κ1) is 16.4. The van der Waals surface area contributed by atoms with Crippen molar-refractivity contribution in [1.29, 1.82) is 0 Å². The largest absolute Gasteiger partial charge is 0.452 e. The summed E-state index contributed by atoms with van der Waals surface area (Å²) in [6.07, 6.45) is -0.497. The Morgan fingerprint density at radius 3 is 2.40 bits per heavy atom. The lowest BCUT2D eigenvalue weighted by atomic mass is 10.1. The van der Waals surface area contributed by atoms with Crippen molar-refractivity contribution < 1.29 is 24.1 Å². The van der Waals surface area contributed by atoms with Crippen LogP contribution in [0.4, 0.5) is 0 Å². The molecule has 0 saturated carbocycles. The average Bonchev–Trinajstić information content (AvgIpc) is 2.51. The second-order valence-corrected chi connectivity index (χ2v) is 4.13. The van der Waals surface area contributed by atoms with Crippen molar-refractivity contribution >= 4 is 5.97 Å². The topological polar surface area (TPSA) is 65.0 Å². The van der Waals surface area contributed by atoms with Gasteiger partial charge in [0.05, 0.1) is 12.2 Å². The molecule has 1 aromatic rings. The standard InChI is InChI=1S/C15H20O5/c1-4-12(14(19-3)13(10-16)18-2)20-15(17)11-8-6-5-7-9-11/h4-9,12-14,16H,1,10H2,2-3H3/t12-,13+,14+/m1/s1. The van der Waals surface area contributed by atoms with E-state index in [1.54, 1.807) is 24.3 Å². The number of esters is 1. The van der Waals surface area contributed by atoms with Gasteiger partial charge in [-0.15, -0.1) is 0 Å². The second kappa shape index (κ2) is 8.47. The Morgan fingerprint density at radius 1 is 1.30 bits per heavy atom. The summed E-state index contributed by atoms with van der Waals surface area (Å²) < 4.78 is 15.7. The van der Waals surface area contributed by atoms with Gasteiger partial charge in [0, 0.05) is 14.2 Å². The highest BCUT2D eigenvalue weighted by Gasteiger charge is 2.30. The molecule has 0 aliphatic carbocycles. The molecule has 0 bridgehead atoms. The van der Waals surface area contributed by atoms with Crippen molar-refractivity contribution in [3.63, 3.8) is 0 Å². The third kappa shape index (κ3) is 4.16. The van der Waals surface area contributed by atoms with Gasteiger partial charge in [0.25, 0.3) is 0 Å². The van der Waals surface area contributed by atoms with E-state index in [2.05, 4.69) is 6.58 Å². The van der Waals surface area contributed by atoms with Crippen molar-refractivity contribution in [1.82, 2.24) is 0 Å². The summed E-state index contributed by atoms with van der Waals surface area (Å²) in [6.45, 7) is 3.39. The van der Waals surface area contributed by atoms with Crippen LogP contribution in [0.15, 0.2) is 43.0 Å². The fourth-order valence-electron chi connectivity index (χ4n) is 1.83. The number of carbonyl (C=O) groups excluding carboxylic acids is 1. The molecule has 0 aliphatic heterocycles. The summed E-state index contributed by atoms with van der Waals surface area (Å²) in [7, 11) is 2.91. The highest BCUT2D eigenvalue weighted by molar-refractivity contribution is 5.89. The predicted octanol–water partition coefficient (Wildman–Crippen LogP) is 1.42. The number of carbonyl (C=O) groups is 1. The molecule has 0 aliphatic rings. The first-order valence-electron chi connectivity index (χ1n) is 6.23. The van der Waals surface area contributed by atoms with Crippen LogP contribution < -0.4 is 0 Å². The zero-order chi connectivity index (χ0) is 15.0. The van der Waals surface area contributed by atoms with Crippen molar-refractivity contribution in [2.45, 2.75) is 18.3 Å². The van der Waals surface area contributed by atoms with Crippen molar-refractivity contribution in [3.05, 3.63) is 48.6 Å². The van der Waals surface area contributed by atoms with E-state index < -0.39 is 24.3 Å². The maximum Gasteiger partial charge on any atom is 0.338 e. The molecule has 110 valence electrons. The van der Waals surface area contributed by atoms with Crippen molar-refractivity contribution in [2.75, 3.05) is 20.8 Å². The molecule has 3 atom stereocenters. The van der Waals surface area contributed by atoms with Crippen LogP contribution in [0.25, 0.3) is 0 Å². The molecule has 0 fully saturated rings. The van der Waals surface area contributed by atoms with Gasteiger partial charge >= 0.3 is 5.97 Å². The third-order valence-electron chi connectivity index (χ3n) is 2.93. The lowest BCUT2D eigenvalue weighted by Gasteiger charge is -2.28. The fraction of sp³-hybridized carbons (Fsp3) is 0.400. The van der Waals surface area contributed by atoms with Gasteiger partial charge in [-0.2, -0.15) is 0 Å². The van der Waals surface area contributed by atoms with Crippen molar-refractivity contribution in [2.24, 2.45) is 0 Å². The molecule has 1 rings (SSSR count). The normalized spacial score (nSPS) is 15.2. The lowest BCUT2D eigenvalue weighted by Crippen LogP contribution is -2.43. The molecule has 5 nitrogen and oxygen atoms in total. The molecule has 0 heterocycles. The van der Waals surface area contributed by atoms with Crippen molar-refractivity contribution in [3.8, 4) is 0 Å². The fourth-order valence-corrected chi connectivity index (χ4v) is 1.83. The SMILES string of the molecule is C=C[C@@H](OC(=O)c1ccccc1)[C@H](OC)[C@H](CO)OC. The number of hydrogen-bond acceptors (Lipinski definition) is 5. The van der Waals surface area contributed by atoms with Gasteiger partial charge in [-0.25, -0.2) is 4.79 Å². The number of aliphatic hydroxyl groups is 1. The second-order valence-electron chi connectivity index (χ2n) is 4.13. The van der Waals surface area contributed by atoms with E-state index in [0.29, 0.717) is 5.56 Å². The molecule has 1 N–H and O–H groups in total. The quantitative estimate of drug-likeness (QED) is 0.576. The number of aliphatic hydroxyl groups excluding tert-OH is 1. The van der Waals surface area contributed by atoms with Gasteiger partial charge in [0.2, 0.25) is 0 Å². The van der Waals surface area contributed by atoms with Gasteiger partial charge in [-0.1, -0.05) is 24.8 Å². The lowest BCUT2D eigenvalue weighted by molar-refractivity contribution is -0.101. The van der Waals surface area contributed by atoms with Crippen LogP contribution in [-0.4, -0.2) is 50.2 Å². The molecule has 1 aromatic carbocycles. The Labute approximate surface area is 118 Å². The summed E-state index contributed by atoms with van der Waals surface area (Å²) in [5, 5.41) is 9.24. The molecule has 0 amide bonds. The summed E-state index contributed by atoms with van der Waals surface area (Å²) >= 11 is 0. The number of ether oxygens (including phenoxy) is 3. The van der Waals surface area contributed by atoms with Crippen LogP contribution >= 0.6 is 0 Å². The molecule has 20 heavy (non-hydrogen) atoms. The zero-order valence-corrected chi connectivity index (χ0v) is 11.7. The molecule has 0 spiro atoms. The van der Waals surface area contributed by atoms with Crippen LogP contribution in [0.1, 0.15) is 10.4 Å². The van der Waals surface area contributed by atoms with Gasteiger partial charge in [0.15, 0.2) is 0 Å². The minimum absolute atomic E-state index is 0.248. The van der Waals surface area contributed by atoms with E-state index in [1.165, 1.54) is 20.3 Å². The van der Waals surface area contributed by atoms with Gasteiger partial charge in [-0.3, -0.25) is 0 Å². The molecular weight excluding hydrogens is 260 g/mol. The van der Waals surface area contributed by atoms with Gasteiger partial charge < -0.3 is 19.3 Å². The summed E-state index contributed by atoms with van der Waals surface area (Å²) in [6, 6.07) is 8.62. The zero-order valence-electron chi connectivity index (χ0n) is 11.7. The van der Waals surface area contributed by atoms with E-state index >= 15 is 0 Å². The number of methoxy groups -OCH3 is 2. The summed E-state index contributed by atoms with van der Waals surface area (Å²) in [5.41, 5.74) is 0.437. The maximum atomic E-state index is 12.0. The highest BCUT2D eigenvalue weighted by atomic mass is 16.6. The minimum atomic E-state index is -0.718. The molecule has 5 heteroatoms. The smallest absolute Gasteiger partial charge is 0.338 e. The predicted molar refractivity (Wildman–Crippen MR) is 74.5 cm³/mol. The third-order valence-corrected chi connectivity index (χ3v) is 2.93. The Kier molecular flexibility index (Phi) is 6.93. The molecular formula is C15H20O5. The number of benzene rings is 1. The van der Waals surface area contributed by atoms with E-state index in [4.69, 9.17) is 14.2 Å². The Balaban J connectivity index is 2.80. The van der Waals surface area contributed by atoms with E-state index in [0.717, 1.165) is 0 Å². The van der Waals surface area contributed by atoms with E-state index in [9.17, 15) is 9.90 Å². The van der Waals surface area contributed by atoms with Crippen LogP contribution in [0, 0.1) is 0 Å². The monoisotopic (exact) mass is 280 g/mol. The summed E-state index contributed by atoms with van der Waals surface area (Å²) in [5.74, 6) is -0.481. The number of rotatable bonds is 8. The van der Waals surface area contributed by atoms with Crippen LogP contribution in [0.2, 0.25) is 0 Å². The first-order chi connectivity index (χ1) is 9.67. The van der Waals surface area contributed by atoms with Gasteiger partial charge in [-0.05, 0) is 18.2 Å². The Morgan fingerprint density at radius 2 is 1.95 bits per heavy atom.